The average molecular weight is 263 g/mol. The third-order valence-electron chi connectivity index (χ3n) is 3.05. The van der Waals surface area contributed by atoms with Crippen LogP contribution in [0.2, 0.25) is 0 Å². The Kier molecular flexibility index (Phi) is 5.55. The first kappa shape index (κ1) is 15.2. The van der Waals surface area contributed by atoms with E-state index in [1.807, 2.05) is 18.2 Å². The van der Waals surface area contributed by atoms with Crippen molar-refractivity contribution in [3.8, 4) is 5.75 Å². The summed E-state index contributed by atoms with van der Waals surface area (Å²) in [6, 6.07) is 5.62. The van der Waals surface area contributed by atoms with Crippen molar-refractivity contribution < 1.29 is 14.3 Å². The Morgan fingerprint density at radius 2 is 1.95 bits per heavy atom. The van der Waals surface area contributed by atoms with Crippen molar-refractivity contribution in [2.45, 2.75) is 32.6 Å². The third-order valence-corrected chi connectivity index (χ3v) is 3.05. The molecule has 0 radical (unpaired) electrons. The van der Waals surface area contributed by atoms with E-state index in [2.05, 4.69) is 19.2 Å². The van der Waals surface area contributed by atoms with Crippen LogP contribution in [-0.4, -0.2) is 25.8 Å². The van der Waals surface area contributed by atoms with E-state index in [1.54, 1.807) is 14.2 Å². The quantitative estimate of drug-likeness (QED) is 0.802. The fourth-order valence-corrected chi connectivity index (χ4v) is 1.79. The number of ether oxygens (including phenoxy) is 1. The third kappa shape index (κ3) is 4.09. The van der Waals surface area contributed by atoms with Gasteiger partial charge in [0.25, 0.3) is 0 Å². The van der Waals surface area contributed by atoms with Crippen LogP contribution in [0.25, 0.3) is 0 Å². The highest BCUT2D eigenvalue weighted by Gasteiger charge is 2.15. The Morgan fingerprint density at radius 1 is 1.26 bits per heavy atom. The van der Waals surface area contributed by atoms with Crippen molar-refractivity contribution in [1.82, 2.24) is 5.32 Å². The molecule has 0 aliphatic rings. The van der Waals surface area contributed by atoms with Crippen LogP contribution in [0.5, 0.6) is 5.75 Å². The summed E-state index contributed by atoms with van der Waals surface area (Å²) in [6.45, 7) is 4.14. The van der Waals surface area contributed by atoms with E-state index in [0.717, 1.165) is 5.56 Å². The Labute approximate surface area is 114 Å². The molecule has 0 heterocycles. The number of benzene rings is 1. The minimum Gasteiger partial charge on any atom is -0.496 e. The van der Waals surface area contributed by atoms with Crippen LogP contribution >= 0.6 is 0 Å². The fraction of sp³-hybridized carbons (Fsp3) is 0.467. The molecule has 1 aromatic carbocycles. The molecule has 1 aromatic rings. The topological polar surface area (TPSA) is 55.4 Å². The van der Waals surface area contributed by atoms with Crippen LogP contribution in [0, 0.1) is 0 Å². The lowest BCUT2D eigenvalue weighted by atomic mass is 9.97. The maximum Gasteiger partial charge on any atom is 0.220 e. The lowest BCUT2D eigenvalue weighted by molar-refractivity contribution is -0.120. The van der Waals surface area contributed by atoms with Crippen molar-refractivity contribution in [2.24, 2.45) is 0 Å². The molecule has 104 valence electrons. The maximum absolute atomic E-state index is 12.2. The minimum atomic E-state index is -0.132. The second-order valence-corrected chi connectivity index (χ2v) is 4.71. The summed E-state index contributed by atoms with van der Waals surface area (Å²) < 4.78 is 5.21. The second kappa shape index (κ2) is 6.92. The predicted molar refractivity (Wildman–Crippen MR) is 74.7 cm³/mol. The average Bonchev–Trinajstić information content (AvgIpc) is 2.43. The number of hydrogen-bond acceptors (Lipinski definition) is 3. The Bertz CT molecular complexity index is 466. The molecule has 0 aliphatic carbocycles. The largest absolute Gasteiger partial charge is 0.496 e. The van der Waals surface area contributed by atoms with Gasteiger partial charge in [0, 0.05) is 19.9 Å². The number of amides is 1. The van der Waals surface area contributed by atoms with Gasteiger partial charge in [-0.25, -0.2) is 0 Å². The predicted octanol–water partition coefficient (Wildman–Crippen LogP) is 2.53. The molecule has 0 aliphatic heterocycles. The van der Waals surface area contributed by atoms with Crippen molar-refractivity contribution in [2.75, 3.05) is 14.2 Å². The van der Waals surface area contributed by atoms with Crippen LogP contribution in [0.3, 0.4) is 0 Å². The highest BCUT2D eigenvalue weighted by molar-refractivity contribution is 6.00. The van der Waals surface area contributed by atoms with Gasteiger partial charge in [-0.05, 0) is 23.6 Å². The van der Waals surface area contributed by atoms with Crippen LogP contribution in [0.1, 0.15) is 48.5 Å². The summed E-state index contributed by atoms with van der Waals surface area (Å²) in [4.78, 5) is 23.3. The molecule has 0 bridgehead atoms. The molecular weight excluding hydrogens is 242 g/mol. The standard InChI is InChI=1S/C15H21NO3/c1-10(2)11-5-7-14(19-4)12(9-11)13(17)6-8-15(18)16-3/h5,7,9-10H,6,8H2,1-4H3,(H,16,18). The molecule has 0 saturated heterocycles. The second-order valence-electron chi connectivity index (χ2n) is 4.71. The zero-order chi connectivity index (χ0) is 14.4. The van der Waals surface area contributed by atoms with Crippen molar-refractivity contribution in [1.29, 1.82) is 0 Å². The van der Waals surface area contributed by atoms with Gasteiger partial charge in [-0.3, -0.25) is 9.59 Å². The van der Waals surface area contributed by atoms with Gasteiger partial charge in [-0.1, -0.05) is 19.9 Å². The zero-order valence-electron chi connectivity index (χ0n) is 11.9. The Morgan fingerprint density at radius 3 is 2.47 bits per heavy atom. The van der Waals surface area contributed by atoms with Gasteiger partial charge in [0.1, 0.15) is 5.75 Å². The molecule has 0 fully saturated rings. The normalized spacial score (nSPS) is 10.4. The van der Waals surface area contributed by atoms with Gasteiger partial charge in [0.15, 0.2) is 5.78 Å². The van der Waals surface area contributed by atoms with Crippen LogP contribution in [0.15, 0.2) is 18.2 Å². The molecule has 0 unspecified atom stereocenters. The summed E-state index contributed by atoms with van der Waals surface area (Å²) in [5, 5.41) is 2.51. The monoisotopic (exact) mass is 263 g/mol. The molecule has 4 nitrogen and oxygen atoms in total. The van der Waals surface area contributed by atoms with E-state index in [9.17, 15) is 9.59 Å². The number of carbonyl (C=O) groups is 2. The lowest BCUT2D eigenvalue weighted by Gasteiger charge is -2.12. The van der Waals surface area contributed by atoms with Crippen molar-refractivity contribution in [3.05, 3.63) is 29.3 Å². The molecule has 19 heavy (non-hydrogen) atoms. The number of Topliss-reactive ketones (excluding diaryl/α,β-unsaturated/α-hetero) is 1. The first-order valence-corrected chi connectivity index (χ1v) is 6.41. The summed E-state index contributed by atoms with van der Waals surface area (Å²) in [5.41, 5.74) is 1.64. The highest BCUT2D eigenvalue weighted by Crippen LogP contribution is 2.25. The summed E-state index contributed by atoms with van der Waals surface area (Å²) >= 11 is 0. The van der Waals surface area contributed by atoms with Crippen LogP contribution in [-0.2, 0) is 4.79 Å². The smallest absolute Gasteiger partial charge is 0.220 e. The van der Waals surface area contributed by atoms with E-state index < -0.39 is 0 Å². The van der Waals surface area contributed by atoms with Gasteiger partial charge in [0.2, 0.25) is 5.91 Å². The number of rotatable bonds is 6. The molecule has 1 amide bonds. The fourth-order valence-electron chi connectivity index (χ4n) is 1.79. The molecule has 0 atom stereocenters. The molecule has 1 rings (SSSR count). The first-order valence-electron chi connectivity index (χ1n) is 6.41. The summed E-state index contributed by atoms with van der Waals surface area (Å²) in [6.07, 6.45) is 0.391. The zero-order valence-corrected chi connectivity index (χ0v) is 11.9. The molecule has 0 saturated carbocycles. The lowest BCUT2D eigenvalue weighted by Crippen LogP contribution is -2.18. The molecule has 0 spiro atoms. The van der Waals surface area contributed by atoms with Crippen LogP contribution < -0.4 is 10.1 Å². The maximum atomic E-state index is 12.2. The van der Waals surface area contributed by atoms with Gasteiger partial charge < -0.3 is 10.1 Å². The highest BCUT2D eigenvalue weighted by atomic mass is 16.5. The van der Waals surface area contributed by atoms with E-state index in [-0.39, 0.29) is 24.5 Å². The van der Waals surface area contributed by atoms with E-state index in [0.29, 0.717) is 17.2 Å². The number of ketones is 1. The molecule has 1 N–H and O–H groups in total. The molecule has 4 heteroatoms. The van der Waals surface area contributed by atoms with Gasteiger partial charge >= 0.3 is 0 Å². The van der Waals surface area contributed by atoms with Crippen LogP contribution in [0.4, 0.5) is 0 Å². The summed E-state index contributed by atoms with van der Waals surface area (Å²) in [5.74, 6) is 0.706. The Balaban J connectivity index is 2.93. The number of nitrogens with one attached hydrogen (secondary N) is 1. The van der Waals surface area contributed by atoms with E-state index >= 15 is 0 Å². The first-order chi connectivity index (χ1) is 8.99. The van der Waals surface area contributed by atoms with Gasteiger partial charge in [0.05, 0.1) is 12.7 Å². The SMILES string of the molecule is CNC(=O)CCC(=O)c1cc(C(C)C)ccc1OC. The number of carbonyl (C=O) groups excluding carboxylic acids is 2. The van der Waals surface area contributed by atoms with Gasteiger partial charge in [-0.15, -0.1) is 0 Å². The molecule has 0 aromatic heterocycles. The Hall–Kier alpha value is -1.84. The van der Waals surface area contributed by atoms with E-state index in [1.165, 1.54) is 0 Å². The molecular formula is C15H21NO3. The number of methoxy groups -OCH3 is 1. The van der Waals surface area contributed by atoms with Crippen molar-refractivity contribution >= 4 is 11.7 Å². The number of hydrogen-bond donors (Lipinski definition) is 1. The van der Waals surface area contributed by atoms with Gasteiger partial charge in [-0.2, -0.15) is 0 Å². The summed E-state index contributed by atoms with van der Waals surface area (Å²) in [7, 11) is 3.10. The van der Waals surface area contributed by atoms with Crippen molar-refractivity contribution in [3.63, 3.8) is 0 Å². The van der Waals surface area contributed by atoms with E-state index in [4.69, 9.17) is 4.74 Å². The minimum absolute atomic E-state index is 0.0667.